The summed E-state index contributed by atoms with van der Waals surface area (Å²) in [6, 6.07) is 85.3. The van der Waals surface area contributed by atoms with E-state index in [1.807, 2.05) is 0 Å². The first-order chi connectivity index (χ1) is 30.7. The molecule has 0 amide bonds. The van der Waals surface area contributed by atoms with Crippen molar-refractivity contribution < 1.29 is 4.42 Å². The quantitative estimate of drug-likeness (QED) is 0.150. The normalized spacial score (nSPS) is 11.5. The van der Waals surface area contributed by atoms with Crippen LogP contribution < -0.4 is 4.90 Å². The summed E-state index contributed by atoms with van der Waals surface area (Å²) in [6.45, 7) is 0. The standard InChI is InChI=1S/C60H39NO/c1-2-15-44(16-3-1)59-57(58-55-23-10-8-21-53(55)54-22-9-11-24-56(54)60(58)62-59)49-19-12-20-52(39-49)61(50-33-29-42(30-34-50)47-27-25-40-13-4-6-17-45(40)37-47)51-35-31-43(32-36-51)48-28-26-41-14-5-7-18-46(41)38-48/h1-39H. The SMILES string of the molecule is c1ccc(-c2oc3c4ccccc4c4ccccc4c3c2-c2cccc(N(c3ccc(-c4ccc5ccccc5c4)cc3)c3ccc(-c4ccc5ccccc5c4)cc3)c2)cc1. The van der Waals surface area contributed by atoms with E-state index in [0.717, 1.165) is 55.9 Å². The van der Waals surface area contributed by atoms with Crippen molar-refractivity contribution in [2.45, 2.75) is 0 Å². The van der Waals surface area contributed by atoms with Crippen LogP contribution in [0.2, 0.25) is 0 Å². The van der Waals surface area contributed by atoms with Crippen molar-refractivity contribution in [3.63, 3.8) is 0 Å². The number of hydrogen-bond acceptors (Lipinski definition) is 2. The van der Waals surface area contributed by atoms with Crippen LogP contribution in [0.3, 0.4) is 0 Å². The number of benzene rings is 11. The molecule has 0 aliphatic heterocycles. The van der Waals surface area contributed by atoms with Crippen LogP contribution in [0, 0.1) is 0 Å². The molecule has 62 heavy (non-hydrogen) atoms. The monoisotopic (exact) mass is 789 g/mol. The Hall–Kier alpha value is -8.20. The molecule has 1 heterocycles. The lowest BCUT2D eigenvalue weighted by atomic mass is 9.92. The van der Waals surface area contributed by atoms with Gasteiger partial charge in [-0.15, -0.1) is 0 Å². The molecule has 11 aromatic carbocycles. The lowest BCUT2D eigenvalue weighted by Gasteiger charge is -2.26. The molecule has 0 unspecified atom stereocenters. The van der Waals surface area contributed by atoms with Crippen LogP contribution in [-0.4, -0.2) is 0 Å². The summed E-state index contributed by atoms with van der Waals surface area (Å²) in [6.07, 6.45) is 0. The number of anilines is 3. The van der Waals surface area contributed by atoms with Gasteiger partial charge in [0.25, 0.3) is 0 Å². The Balaban J connectivity index is 1.04. The highest BCUT2D eigenvalue weighted by Gasteiger charge is 2.24. The molecule has 12 rings (SSSR count). The third-order valence-corrected chi connectivity index (χ3v) is 12.4. The number of furan rings is 1. The van der Waals surface area contributed by atoms with Crippen LogP contribution in [-0.2, 0) is 0 Å². The maximum Gasteiger partial charge on any atom is 0.143 e. The molecule has 0 fully saturated rings. The fourth-order valence-electron chi connectivity index (χ4n) is 9.39. The average molecular weight is 790 g/mol. The zero-order valence-electron chi connectivity index (χ0n) is 33.9. The van der Waals surface area contributed by atoms with Gasteiger partial charge in [-0.2, -0.15) is 0 Å². The first-order valence-electron chi connectivity index (χ1n) is 21.2. The first-order valence-corrected chi connectivity index (χ1v) is 21.2. The Morgan fingerprint density at radius 3 is 1.34 bits per heavy atom. The van der Waals surface area contributed by atoms with Gasteiger partial charge >= 0.3 is 0 Å². The minimum absolute atomic E-state index is 0.866. The van der Waals surface area contributed by atoms with Gasteiger partial charge in [-0.25, -0.2) is 0 Å². The smallest absolute Gasteiger partial charge is 0.143 e. The Morgan fingerprint density at radius 1 is 0.274 bits per heavy atom. The largest absolute Gasteiger partial charge is 0.455 e. The van der Waals surface area contributed by atoms with Crippen molar-refractivity contribution in [2.75, 3.05) is 4.90 Å². The summed E-state index contributed by atoms with van der Waals surface area (Å²) in [5, 5.41) is 10.8. The number of fused-ring (bicyclic) bond motifs is 8. The molecule has 2 heteroatoms. The topological polar surface area (TPSA) is 16.4 Å². The Morgan fingerprint density at radius 2 is 0.742 bits per heavy atom. The lowest BCUT2D eigenvalue weighted by molar-refractivity contribution is 0.636. The summed E-state index contributed by atoms with van der Waals surface area (Å²) in [5.41, 5.74) is 12.1. The van der Waals surface area contributed by atoms with Gasteiger partial charge in [0.05, 0.1) is 0 Å². The molecule has 0 spiro atoms. The Labute approximate surface area is 360 Å². The second-order valence-corrected chi connectivity index (χ2v) is 16.1. The van der Waals surface area contributed by atoms with Crippen LogP contribution in [0.1, 0.15) is 0 Å². The molecule has 0 aliphatic carbocycles. The number of hydrogen-bond donors (Lipinski definition) is 0. The molecule has 0 bridgehead atoms. The van der Waals surface area contributed by atoms with E-state index >= 15 is 0 Å². The highest BCUT2D eigenvalue weighted by Crippen LogP contribution is 2.48. The van der Waals surface area contributed by atoms with E-state index in [-0.39, 0.29) is 0 Å². The van der Waals surface area contributed by atoms with Gasteiger partial charge in [0.1, 0.15) is 11.3 Å². The predicted octanol–water partition coefficient (Wildman–Crippen LogP) is 17.2. The third kappa shape index (κ3) is 6.12. The molecular formula is C60H39NO. The zero-order chi connectivity index (χ0) is 41.0. The minimum Gasteiger partial charge on any atom is -0.455 e. The van der Waals surface area contributed by atoms with Gasteiger partial charge in [-0.1, -0.05) is 188 Å². The van der Waals surface area contributed by atoms with Gasteiger partial charge < -0.3 is 9.32 Å². The molecule has 0 radical (unpaired) electrons. The van der Waals surface area contributed by atoms with Gasteiger partial charge in [0.2, 0.25) is 0 Å². The second-order valence-electron chi connectivity index (χ2n) is 16.1. The fourth-order valence-corrected chi connectivity index (χ4v) is 9.39. The van der Waals surface area contributed by atoms with Crippen molar-refractivity contribution in [1.82, 2.24) is 0 Å². The van der Waals surface area contributed by atoms with Crippen molar-refractivity contribution >= 4 is 71.1 Å². The van der Waals surface area contributed by atoms with Gasteiger partial charge in [0, 0.05) is 39.0 Å². The van der Waals surface area contributed by atoms with E-state index < -0.39 is 0 Å². The van der Waals surface area contributed by atoms with Gasteiger partial charge in [0.15, 0.2) is 0 Å². The third-order valence-electron chi connectivity index (χ3n) is 12.4. The predicted molar refractivity (Wildman–Crippen MR) is 263 cm³/mol. The maximum absolute atomic E-state index is 7.08. The van der Waals surface area contributed by atoms with Gasteiger partial charge in [-0.3, -0.25) is 0 Å². The summed E-state index contributed by atoms with van der Waals surface area (Å²) in [7, 11) is 0. The molecule has 0 aliphatic rings. The molecular weight excluding hydrogens is 751 g/mol. The minimum atomic E-state index is 0.866. The molecule has 0 saturated heterocycles. The highest BCUT2D eigenvalue weighted by molar-refractivity contribution is 6.28. The van der Waals surface area contributed by atoms with Crippen LogP contribution in [0.25, 0.3) is 98.8 Å². The van der Waals surface area contributed by atoms with Crippen molar-refractivity contribution in [2.24, 2.45) is 0 Å². The summed E-state index contributed by atoms with van der Waals surface area (Å²) in [5.74, 6) is 0.866. The van der Waals surface area contributed by atoms with Crippen LogP contribution >= 0.6 is 0 Å². The van der Waals surface area contributed by atoms with Crippen molar-refractivity contribution in [3.8, 4) is 44.7 Å². The zero-order valence-corrected chi connectivity index (χ0v) is 33.9. The molecule has 12 aromatic rings. The summed E-state index contributed by atoms with van der Waals surface area (Å²) in [4.78, 5) is 2.37. The van der Waals surface area contributed by atoms with E-state index in [1.165, 1.54) is 60.0 Å². The average Bonchev–Trinajstić information content (AvgIpc) is 3.76. The molecule has 290 valence electrons. The lowest BCUT2D eigenvalue weighted by Crippen LogP contribution is -2.10. The van der Waals surface area contributed by atoms with E-state index in [0.29, 0.717) is 0 Å². The van der Waals surface area contributed by atoms with Crippen molar-refractivity contribution in [1.29, 1.82) is 0 Å². The molecule has 0 N–H and O–H groups in total. The molecule has 0 saturated carbocycles. The molecule has 1 aromatic heterocycles. The van der Waals surface area contributed by atoms with Crippen LogP contribution in [0.15, 0.2) is 241 Å². The Kier molecular flexibility index (Phi) is 8.53. The maximum atomic E-state index is 7.08. The number of nitrogens with zero attached hydrogens (tertiary/aromatic N) is 1. The molecule has 2 nitrogen and oxygen atoms in total. The highest BCUT2D eigenvalue weighted by atomic mass is 16.3. The Bertz CT molecular complexity index is 3500. The summed E-state index contributed by atoms with van der Waals surface area (Å²) >= 11 is 0. The van der Waals surface area contributed by atoms with E-state index in [4.69, 9.17) is 4.42 Å². The van der Waals surface area contributed by atoms with Gasteiger partial charge in [-0.05, 0) is 114 Å². The van der Waals surface area contributed by atoms with Crippen LogP contribution in [0.4, 0.5) is 17.1 Å². The fraction of sp³-hybridized carbons (Fsp3) is 0. The van der Waals surface area contributed by atoms with E-state index in [1.54, 1.807) is 0 Å². The van der Waals surface area contributed by atoms with E-state index in [9.17, 15) is 0 Å². The van der Waals surface area contributed by atoms with E-state index in [2.05, 4.69) is 241 Å². The van der Waals surface area contributed by atoms with Crippen molar-refractivity contribution in [3.05, 3.63) is 237 Å². The van der Waals surface area contributed by atoms with Crippen LogP contribution in [0.5, 0.6) is 0 Å². The number of rotatable bonds is 7. The summed E-state index contributed by atoms with van der Waals surface area (Å²) < 4.78 is 7.08. The second kappa shape index (κ2) is 14.8. The molecule has 0 atom stereocenters. The first kappa shape index (κ1) is 35.7.